The quantitative estimate of drug-likeness (QED) is 0.564. The molecule has 3 unspecified atom stereocenters. The van der Waals surface area contributed by atoms with Crippen LogP contribution in [-0.2, 0) is 4.74 Å². The summed E-state index contributed by atoms with van der Waals surface area (Å²) >= 11 is 0. The van der Waals surface area contributed by atoms with Crippen molar-refractivity contribution in [3.8, 4) is 0 Å². The molecule has 2 fully saturated rings. The zero-order chi connectivity index (χ0) is 8.98. The van der Waals surface area contributed by atoms with Crippen molar-refractivity contribution in [3.05, 3.63) is 0 Å². The Balaban J connectivity index is 2.28. The van der Waals surface area contributed by atoms with Crippen LogP contribution in [-0.4, -0.2) is 27.7 Å². The van der Waals surface area contributed by atoms with Crippen LogP contribution in [0, 0.1) is 5.92 Å². The fraction of sp³-hybridized carbons (Fsp3) is 1.00. The Bertz CT molecular complexity index is 198. The molecule has 4 atom stereocenters. The van der Waals surface area contributed by atoms with E-state index >= 15 is 0 Å². The van der Waals surface area contributed by atoms with Crippen LogP contribution >= 0.6 is 0 Å². The first-order valence-corrected chi connectivity index (χ1v) is 4.53. The van der Waals surface area contributed by atoms with E-state index in [1.165, 1.54) is 0 Å². The van der Waals surface area contributed by atoms with Gasteiger partial charge in [0.05, 0.1) is 11.2 Å². The number of hydrogen-bond acceptors (Lipinski definition) is 3. The van der Waals surface area contributed by atoms with Gasteiger partial charge in [0.25, 0.3) is 0 Å². The smallest absolute Gasteiger partial charge is 0.158 e. The van der Waals surface area contributed by atoms with Crippen molar-refractivity contribution < 1.29 is 14.9 Å². The van der Waals surface area contributed by atoms with Crippen LogP contribution in [0.15, 0.2) is 0 Å². The monoisotopic (exact) mass is 172 g/mol. The van der Waals surface area contributed by atoms with E-state index in [0.717, 1.165) is 19.3 Å². The van der Waals surface area contributed by atoms with Gasteiger partial charge in [-0.1, -0.05) is 0 Å². The minimum atomic E-state index is -0.777. The third kappa shape index (κ3) is 0.934. The minimum absolute atomic E-state index is 0.232. The predicted molar refractivity (Wildman–Crippen MR) is 43.5 cm³/mol. The molecule has 2 rings (SSSR count). The SMILES string of the molecule is CC12CC(CC[C@]1(C)O)C(O)O2. The highest BCUT2D eigenvalue weighted by Crippen LogP contribution is 2.49. The van der Waals surface area contributed by atoms with Gasteiger partial charge in [-0.3, -0.25) is 0 Å². The van der Waals surface area contributed by atoms with Crippen LogP contribution in [0.1, 0.15) is 33.1 Å². The number of rotatable bonds is 0. The predicted octanol–water partition coefficient (Wildman–Crippen LogP) is 0.645. The molecule has 2 N–H and O–H groups in total. The van der Waals surface area contributed by atoms with Gasteiger partial charge in [0.2, 0.25) is 0 Å². The summed E-state index contributed by atoms with van der Waals surface area (Å²) < 4.78 is 5.39. The minimum Gasteiger partial charge on any atom is -0.387 e. The summed E-state index contributed by atoms with van der Waals surface area (Å²) in [6, 6.07) is 0. The Kier molecular flexibility index (Phi) is 1.57. The molecule has 1 heterocycles. The number of fused-ring (bicyclic) bond motifs is 2. The summed E-state index contributed by atoms with van der Waals surface area (Å²) in [6.07, 6.45) is 1.71. The lowest BCUT2D eigenvalue weighted by Crippen LogP contribution is -2.51. The highest BCUT2D eigenvalue weighted by molar-refractivity contribution is 5.04. The Morgan fingerprint density at radius 2 is 2.08 bits per heavy atom. The van der Waals surface area contributed by atoms with Crippen molar-refractivity contribution in [2.75, 3.05) is 0 Å². The molecule has 1 aliphatic heterocycles. The molecule has 3 nitrogen and oxygen atoms in total. The van der Waals surface area contributed by atoms with E-state index in [-0.39, 0.29) is 5.92 Å². The first-order valence-electron chi connectivity index (χ1n) is 4.53. The van der Waals surface area contributed by atoms with Gasteiger partial charge < -0.3 is 14.9 Å². The summed E-state index contributed by atoms with van der Waals surface area (Å²) in [4.78, 5) is 0. The van der Waals surface area contributed by atoms with Crippen molar-refractivity contribution >= 4 is 0 Å². The molecule has 1 saturated heterocycles. The fourth-order valence-electron chi connectivity index (χ4n) is 2.33. The van der Waals surface area contributed by atoms with Crippen LogP contribution in [0.2, 0.25) is 0 Å². The normalized spacial score (nSPS) is 59.0. The number of aliphatic hydroxyl groups is 2. The maximum Gasteiger partial charge on any atom is 0.158 e. The van der Waals surface area contributed by atoms with Crippen molar-refractivity contribution in [2.45, 2.75) is 50.6 Å². The molecule has 0 aromatic carbocycles. The molecule has 2 bridgehead atoms. The zero-order valence-corrected chi connectivity index (χ0v) is 7.58. The summed E-state index contributed by atoms with van der Waals surface area (Å²) in [7, 11) is 0. The maximum absolute atomic E-state index is 10.0. The third-order valence-corrected chi connectivity index (χ3v) is 3.58. The third-order valence-electron chi connectivity index (χ3n) is 3.58. The Hall–Kier alpha value is -0.120. The van der Waals surface area contributed by atoms with Crippen LogP contribution < -0.4 is 0 Å². The molecule has 0 aromatic heterocycles. The van der Waals surface area contributed by atoms with E-state index in [9.17, 15) is 10.2 Å². The number of ether oxygens (including phenoxy) is 1. The molecule has 0 aromatic rings. The van der Waals surface area contributed by atoms with Crippen molar-refractivity contribution in [3.63, 3.8) is 0 Å². The molecule has 0 radical (unpaired) electrons. The molecule has 1 saturated carbocycles. The van der Waals surface area contributed by atoms with E-state index in [1.54, 1.807) is 6.92 Å². The second-order valence-corrected chi connectivity index (χ2v) is 4.52. The highest BCUT2D eigenvalue weighted by Gasteiger charge is 2.56. The topological polar surface area (TPSA) is 49.7 Å². The van der Waals surface area contributed by atoms with Crippen LogP contribution in [0.25, 0.3) is 0 Å². The van der Waals surface area contributed by atoms with E-state index < -0.39 is 17.5 Å². The van der Waals surface area contributed by atoms with E-state index in [4.69, 9.17) is 4.74 Å². The van der Waals surface area contributed by atoms with Gasteiger partial charge in [0.15, 0.2) is 6.29 Å². The van der Waals surface area contributed by atoms with Gasteiger partial charge in [0, 0.05) is 5.92 Å². The Morgan fingerprint density at radius 1 is 1.42 bits per heavy atom. The summed E-state index contributed by atoms with van der Waals surface area (Å²) in [5.74, 6) is 0.232. The molecule has 2 aliphatic rings. The first-order chi connectivity index (χ1) is 5.45. The van der Waals surface area contributed by atoms with Crippen LogP contribution in [0.3, 0.4) is 0 Å². The first kappa shape index (κ1) is 8.48. The van der Waals surface area contributed by atoms with E-state index in [1.807, 2.05) is 6.92 Å². The lowest BCUT2D eigenvalue weighted by atomic mass is 9.71. The summed E-state index contributed by atoms with van der Waals surface area (Å²) in [5, 5.41) is 19.5. The molecular weight excluding hydrogens is 156 g/mol. The fourth-order valence-corrected chi connectivity index (χ4v) is 2.33. The van der Waals surface area contributed by atoms with Gasteiger partial charge in [-0.2, -0.15) is 0 Å². The summed E-state index contributed by atoms with van der Waals surface area (Å²) in [5.41, 5.74) is -1.31. The maximum atomic E-state index is 10.0. The summed E-state index contributed by atoms with van der Waals surface area (Å²) in [6.45, 7) is 3.68. The van der Waals surface area contributed by atoms with Gasteiger partial charge in [-0.05, 0) is 33.1 Å². The zero-order valence-electron chi connectivity index (χ0n) is 7.58. The van der Waals surface area contributed by atoms with Crippen LogP contribution in [0.5, 0.6) is 0 Å². The standard InChI is InChI=1S/C9H16O3/c1-8(11)4-3-6-5-9(8,2)12-7(6)10/h6-7,10-11H,3-5H2,1-2H3/t6?,7?,8-,9?/m0/s1. The molecule has 0 amide bonds. The van der Waals surface area contributed by atoms with Gasteiger partial charge in [0.1, 0.15) is 0 Å². The van der Waals surface area contributed by atoms with Crippen molar-refractivity contribution in [1.29, 1.82) is 0 Å². The molecule has 70 valence electrons. The lowest BCUT2D eigenvalue weighted by molar-refractivity contribution is -0.198. The Labute approximate surface area is 72.3 Å². The number of hydrogen-bond donors (Lipinski definition) is 2. The molecule has 1 aliphatic carbocycles. The molecule has 0 spiro atoms. The Morgan fingerprint density at radius 3 is 2.67 bits per heavy atom. The average Bonchev–Trinajstić information content (AvgIpc) is 2.19. The average molecular weight is 172 g/mol. The van der Waals surface area contributed by atoms with Gasteiger partial charge >= 0.3 is 0 Å². The highest BCUT2D eigenvalue weighted by atomic mass is 16.6. The van der Waals surface area contributed by atoms with Gasteiger partial charge in [-0.25, -0.2) is 0 Å². The van der Waals surface area contributed by atoms with E-state index in [2.05, 4.69) is 0 Å². The van der Waals surface area contributed by atoms with Crippen LogP contribution in [0.4, 0.5) is 0 Å². The largest absolute Gasteiger partial charge is 0.387 e. The second-order valence-electron chi connectivity index (χ2n) is 4.52. The second kappa shape index (κ2) is 2.22. The van der Waals surface area contributed by atoms with E-state index in [0.29, 0.717) is 0 Å². The lowest BCUT2D eigenvalue weighted by Gasteiger charge is -2.41. The van der Waals surface area contributed by atoms with Crippen molar-refractivity contribution in [2.24, 2.45) is 5.92 Å². The molecular formula is C9H16O3. The van der Waals surface area contributed by atoms with Gasteiger partial charge in [-0.15, -0.1) is 0 Å². The molecule has 3 heteroatoms. The number of aliphatic hydroxyl groups excluding tert-OH is 1. The molecule has 12 heavy (non-hydrogen) atoms. The van der Waals surface area contributed by atoms with Crippen molar-refractivity contribution in [1.82, 2.24) is 0 Å².